The van der Waals surface area contributed by atoms with Crippen molar-refractivity contribution in [2.45, 2.75) is 37.8 Å². The van der Waals surface area contributed by atoms with Gasteiger partial charge < -0.3 is 10.5 Å². The van der Waals surface area contributed by atoms with E-state index in [0.717, 1.165) is 6.42 Å². The minimum atomic E-state index is -3.66. The third-order valence-electron chi connectivity index (χ3n) is 2.81. The molecule has 0 aliphatic heterocycles. The highest BCUT2D eigenvalue weighted by Crippen LogP contribution is 2.22. The zero-order valence-corrected chi connectivity index (χ0v) is 13.7. The first-order valence-corrected chi connectivity index (χ1v) is 9.10. The van der Waals surface area contributed by atoms with E-state index in [1.807, 2.05) is 13.8 Å². The first kappa shape index (κ1) is 16.2. The Bertz CT molecular complexity index is 690. The Balaban J connectivity index is 1.93. The van der Waals surface area contributed by atoms with Crippen molar-refractivity contribution in [3.05, 3.63) is 11.6 Å². The van der Waals surface area contributed by atoms with Crippen LogP contribution in [0.4, 0.5) is 5.82 Å². The Kier molecular flexibility index (Phi) is 5.20. The summed E-state index contributed by atoms with van der Waals surface area (Å²) in [7, 11) is -3.66. The van der Waals surface area contributed by atoms with E-state index in [-0.39, 0.29) is 16.9 Å². The second kappa shape index (κ2) is 6.73. The first-order chi connectivity index (χ1) is 9.92. The number of hydrogen-bond donors (Lipinski definition) is 2. The molecule has 0 saturated heterocycles. The minimum absolute atomic E-state index is 0.0113. The van der Waals surface area contributed by atoms with Crippen LogP contribution in [-0.4, -0.2) is 37.1 Å². The van der Waals surface area contributed by atoms with Crippen molar-refractivity contribution < 1.29 is 13.2 Å². The molecule has 9 heteroatoms. The number of nitrogens with two attached hydrogens (primary N) is 1. The van der Waals surface area contributed by atoms with Crippen LogP contribution in [0.2, 0.25) is 0 Å². The Morgan fingerprint density at radius 1 is 1.48 bits per heavy atom. The number of nitrogens with zero attached hydrogens (tertiary/aromatic N) is 2. The zero-order valence-electron chi connectivity index (χ0n) is 12.1. The number of hydrogen-bond acceptors (Lipinski definition) is 6. The maximum Gasteiger partial charge on any atom is 0.260 e. The van der Waals surface area contributed by atoms with Gasteiger partial charge in [-0.1, -0.05) is 0 Å². The van der Waals surface area contributed by atoms with Crippen LogP contribution < -0.4 is 10.5 Å². The van der Waals surface area contributed by atoms with Gasteiger partial charge in [0.2, 0.25) is 0 Å². The summed E-state index contributed by atoms with van der Waals surface area (Å²) in [4.78, 5) is 4.60. The van der Waals surface area contributed by atoms with E-state index in [9.17, 15) is 8.42 Å². The van der Waals surface area contributed by atoms with Crippen LogP contribution in [-0.2, 0) is 14.8 Å². The van der Waals surface area contributed by atoms with Crippen molar-refractivity contribution in [3.63, 3.8) is 0 Å². The molecule has 0 spiro atoms. The molecule has 3 N–H and O–H groups in total. The van der Waals surface area contributed by atoms with Crippen LogP contribution in [0.15, 0.2) is 16.6 Å². The maximum absolute atomic E-state index is 12.3. The van der Waals surface area contributed by atoms with E-state index < -0.39 is 10.0 Å². The van der Waals surface area contributed by atoms with Gasteiger partial charge in [-0.15, -0.1) is 11.3 Å². The number of anilines is 1. The highest BCUT2D eigenvalue weighted by molar-refractivity contribution is 7.89. The van der Waals surface area contributed by atoms with Gasteiger partial charge in [-0.25, -0.2) is 18.1 Å². The van der Waals surface area contributed by atoms with Crippen LogP contribution >= 0.6 is 11.3 Å². The predicted molar refractivity (Wildman–Crippen MR) is 83.0 cm³/mol. The summed E-state index contributed by atoms with van der Waals surface area (Å²) < 4.78 is 34.0. The number of sulfonamides is 1. The molecule has 7 nitrogen and oxygen atoms in total. The van der Waals surface area contributed by atoms with Gasteiger partial charge in [0, 0.05) is 24.7 Å². The Hall–Kier alpha value is -1.16. The number of fused-ring (bicyclic) bond motifs is 1. The topological polar surface area (TPSA) is 98.7 Å². The Morgan fingerprint density at radius 2 is 2.24 bits per heavy atom. The average Bonchev–Trinajstić information content (AvgIpc) is 2.92. The standard InChI is InChI=1S/C12H20N4O3S2/c1-9(2)19-7-4-3-5-14-21(17,18)11-10(13)15-12-16(11)6-8-20-12/h6,8-9,14H,3-5,7,13H2,1-2H3. The van der Waals surface area contributed by atoms with Crippen molar-refractivity contribution in [2.24, 2.45) is 0 Å². The van der Waals surface area contributed by atoms with Crippen molar-refractivity contribution in [1.82, 2.24) is 14.1 Å². The van der Waals surface area contributed by atoms with Crippen LogP contribution in [0.25, 0.3) is 4.96 Å². The van der Waals surface area contributed by atoms with Gasteiger partial charge in [0.25, 0.3) is 10.0 Å². The highest BCUT2D eigenvalue weighted by Gasteiger charge is 2.23. The third kappa shape index (κ3) is 3.94. The van der Waals surface area contributed by atoms with Gasteiger partial charge in [0.15, 0.2) is 15.8 Å². The van der Waals surface area contributed by atoms with Gasteiger partial charge in [-0.2, -0.15) is 0 Å². The largest absolute Gasteiger partial charge is 0.381 e. The molecule has 2 rings (SSSR count). The van der Waals surface area contributed by atoms with Gasteiger partial charge in [0.1, 0.15) is 0 Å². The SMILES string of the molecule is CC(C)OCCCCNS(=O)(=O)c1c(N)nc2sccn12. The molecule has 0 fully saturated rings. The number of unbranched alkanes of at least 4 members (excludes halogenated alkanes) is 1. The number of imidazole rings is 1. The molecule has 0 radical (unpaired) electrons. The quantitative estimate of drug-likeness (QED) is 0.713. The van der Waals surface area contributed by atoms with Gasteiger partial charge in [-0.05, 0) is 26.7 Å². The molecule has 0 unspecified atom stereocenters. The molecule has 0 bridgehead atoms. The molecule has 118 valence electrons. The smallest absolute Gasteiger partial charge is 0.260 e. The first-order valence-electron chi connectivity index (χ1n) is 6.74. The fraction of sp³-hybridized carbons (Fsp3) is 0.583. The summed E-state index contributed by atoms with van der Waals surface area (Å²) in [6.07, 6.45) is 3.35. The third-order valence-corrected chi connectivity index (χ3v) is 5.07. The van der Waals surface area contributed by atoms with Crippen molar-refractivity contribution >= 4 is 32.1 Å². The van der Waals surface area contributed by atoms with Crippen LogP contribution in [0, 0.1) is 0 Å². The average molecular weight is 332 g/mol. The van der Waals surface area contributed by atoms with E-state index in [4.69, 9.17) is 10.5 Å². The molecular weight excluding hydrogens is 312 g/mol. The molecule has 2 heterocycles. The number of nitrogen functional groups attached to an aromatic ring is 1. The molecule has 0 aliphatic carbocycles. The lowest BCUT2D eigenvalue weighted by atomic mass is 10.3. The lowest BCUT2D eigenvalue weighted by molar-refractivity contribution is 0.0762. The molecular formula is C12H20N4O3S2. The molecule has 2 aromatic heterocycles. The Labute approximate surface area is 128 Å². The second-order valence-corrected chi connectivity index (χ2v) is 7.44. The maximum atomic E-state index is 12.3. The fourth-order valence-corrected chi connectivity index (χ4v) is 3.93. The molecule has 0 aromatic carbocycles. The van der Waals surface area contributed by atoms with E-state index >= 15 is 0 Å². The van der Waals surface area contributed by atoms with E-state index in [1.165, 1.54) is 15.7 Å². The summed E-state index contributed by atoms with van der Waals surface area (Å²) in [5.41, 5.74) is 5.70. The van der Waals surface area contributed by atoms with Gasteiger partial charge in [0.05, 0.1) is 6.10 Å². The number of rotatable bonds is 8. The van der Waals surface area contributed by atoms with Gasteiger partial charge in [-0.3, -0.25) is 4.40 Å². The Morgan fingerprint density at radius 3 is 2.95 bits per heavy atom. The molecule has 21 heavy (non-hydrogen) atoms. The van der Waals surface area contributed by atoms with E-state index in [0.29, 0.717) is 24.5 Å². The van der Waals surface area contributed by atoms with E-state index in [2.05, 4.69) is 9.71 Å². The minimum Gasteiger partial charge on any atom is -0.381 e. The summed E-state index contributed by atoms with van der Waals surface area (Å²) in [5.74, 6) is 0.0255. The van der Waals surface area contributed by atoms with Crippen molar-refractivity contribution in [2.75, 3.05) is 18.9 Å². The lowest BCUT2D eigenvalue weighted by Gasteiger charge is -2.08. The van der Waals surface area contributed by atoms with Crippen molar-refractivity contribution in [3.8, 4) is 0 Å². The normalized spacial score (nSPS) is 12.5. The molecule has 0 saturated carbocycles. The summed E-state index contributed by atoms with van der Waals surface area (Å²) in [6.45, 7) is 4.91. The number of ether oxygens (including phenoxy) is 1. The summed E-state index contributed by atoms with van der Waals surface area (Å²) >= 11 is 1.34. The van der Waals surface area contributed by atoms with Crippen molar-refractivity contribution in [1.29, 1.82) is 0 Å². The molecule has 2 aromatic rings. The van der Waals surface area contributed by atoms with Crippen LogP contribution in [0.5, 0.6) is 0 Å². The fourth-order valence-electron chi connectivity index (χ4n) is 1.87. The summed E-state index contributed by atoms with van der Waals surface area (Å²) in [5, 5.41) is 1.78. The predicted octanol–water partition coefficient (Wildman–Crippen LogP) is 1.46. The molecule has 0 amide bonds. The van der Waals surface area contributed by atoms with Crippen LogP contribution in [0.1, 0.15) is 26.7 Å². The highest BCUT2D eigenvalue weighted by atomic mass is 32.2. The zero-order chi connectivity index (χ0) is 15.5. The summed E-state index contributed by atoms with van der Waals surface area (Å²) in [6, 6.07) is 0. The van der Waals surface area contributed by atoms with Gasteiger partial charge >= 0.3 is 0 Å². The number of thiazole rings is 1. The number of nitrogens with one attached hydrogen (secondary N) is 1. The van der Waals surface area contributed by atoms with Crippen LogP contribution in [0.3, 0.4) is 0 Å². The lowest BCUT2D eigenvalue weighted by Crippen LogP contribution is -2.26. The second-order valence-electron chi connectivity index (χ2n) is 4.88. The molecule has 0 atom stereocenters. The monoisotopic (exact) mass is 332 g/mol. The molecule has 0 aliphatic rings. The number of aromatic nitrogens is 2. The van der Waals surface area contributed by atoms with E-state index in [1.54, 1.807) is 11.6 Å².